The SMILES string of the molecule is CCCCCCCCCCCCCCSSSCC(C)O. The number of rotatable bonds is 17. The monoisotopic (exact) mass is 352 g/mol. The fourth-order valence-electron chi connectivity index (χ4n) is 2.20. The molecule has 0 bridgehead atoms. The number of unbranched alkanes of at least 4 members (excludes halogenated alkanes) is 11. The Morgan fingerprint density at radius 1 is 0.714 bits per heavy atom. The van der Waals surface area contributed by atoms with E-state index in [1.807, 2.05) is 27.5 Å². The summed E-state index contributed by atoms with van der Waals surface area (Å²) in [5, 5.41) is 9.12. The fraction of sp³-hybridized carbons (Fsp3) is 1.00. The average molecular weight is 353 g/mol. The summed E-state index contributed by atoms with van der Waals surface area (Å²) < 4.78 is 0. The molecule has 1 unspecified atom stereocenters. The molecule has 1 atom stereocenters. The molecule has 0 aromatic carbocycles. The summed E-state index contributed by atoms with van der Waals surface area (Å²) in [6.07, 6.45) is 16.9. The van der Waals surface area contributed by atoms with Gasteiger partial charge >= 0.3 is 0 Å². The molecule has 0 aromatic rings. The minimum absolute atomic E-state index is 0.172. The highest BCUT2D eigenvalue weighted by Gasteiger charge is 1.97. The van der Waals surface area contributed by atoms with E-state index in [0.29, 0.717) is 0 Å². The maximum absolute atomic E-state index is 9.12. The van der Waals surface area contributed by atoms with E-state index in [4.69, 9.17) is 5.11 Å². The Bertz CT molecular complexity index is 189. The smallest absolute Gasteiger partial charge is 0.0611 e. The van der Waals surface area contributed by atoms with Gasteiger partial charge in [-0.15, -0.1) is 0 Å². The first-order valence-electron chi connectivity index (χ1n) is 8.86. The third-order valence-corrected chi connectivity index (χ3v) is 7.97. The molecule has 0 heterocycles. The zero-order valence-corrected chi connectivity index (χ0v) is 16.6. The van der Waals surface area contributed by atoms with Crippen LogP contribution in [0.4, 0.5) is 0 Å². The van der Waals surface area contributed by atoms with Gasteiger partial charge in [-0.3, -0.25) is 0 Å². The quantitative estimate of drug-likeness (QED) is 0.222. The van der Waals surface area contributed by atoms with Gasteiger partial charge in [-0.2, -0.15) is 0 Å². The van der Waals surface area contributed by atoms with E-state index in [2.05, 4.69) is 6.92 Å². The largest absolute Gasteiger partial charge is 0.393 e. The molecule has 1 nitrogen and oxygen atoms in total. The van der Waals surface area contributed by atoms with E-state index < -0.39 is 0 Å². The molecular weight excluding hydrogens is 316 g/mol. The van der Waals surface area contributed by atoms with Crippen molar-refractivity contribution in [2.24, 2.45) is 0 Å². The van der Waals surface area contributed by atoms with Gasteiger partial charge in [-0.1, -0.05) is 99.1 Å². The summed E-state index contributed by atoms with van der Waals surface area (Å²) in [6.45, 7) is 4.13. The van der Waals surface area contributed by atoms with Crippen molar-refractivity contribution in [3.05, 3.63) is 0 Å². The molecule has 4 heteroatoms. The van der Waals surface area contributed by atoms with Crippen LogP contribution in [0.15, 0.2) is 0 Å². The number of aliphatic hydroxyl groups excluding tert-OH is 1. The molecule has 0 aromatic heterocycles. The first kappa shape index (κ1) is 22.0. The van der Waals surface area contributed by atoms with Crippen LogP contribution in [0.2, 0.25) is 0 Å². The van der Waals surface area contributed by atoms with Gasteiger partial charge in [0, 0.05) is 11.5 Å². The van der Waals surface area contributed by atoms with Crippen molar-refractivity contribution >= 4 is 31.4 Å². The van der Waals surface area contributed by atoms with Gasteiger partial charge in [-0.25, -0.2) is 0 Å². The van der Waals surface area contributed by atoms with Crippen molar-refractivity contribution < 1.29 is 5.11 Å². The van der Waals surface area contributed by atoms with E-state index in [-0.39, 0.29) is 6.10 Å². The Morgan fingerprint density at radius 3 is 1.67 bits per heavy atom. The minimum Gasteiger partial charge on any atom is -0.393 e. The molecule has 128 valence electrons. The third-order valence-electron chi connectivity index (χ3n) is 3.49. The van der Waals surface area contributed by atoms with Crippen LogP contribution < -0.4 is 0 Å². The molecule has 0 amide bonds. The van der Waals surface area contributed by atoms with Crippen LogP contribution in [0.25, 0.3) is 0 Å². The first-order chi connectivity index (χ1) is 10.3. The summed E-state index contributed by atoms with van der Waals surface area (Å²) in [5.41, 5.74) is 0. The molecule has 0 saturated heterocycles. The van der Waals surface area contributed by atoms with Crippen LogP contribution in [-0.2, 0) is 0 Å². The van der Waals surface area contributed by atoms with Crippen LogP contribution in [0.3, 0.4) is 0 Å². The van der Waals surface area contributed by atoms with Gasteiger partial charge in [0.15, 0.2) is 0 Å². The first-order valence-corrected chi connectivity index (χ1v) is 12.7. The van der Waals surface area contributed by atoms with Gasteiger partial charge in [0.2, 0.25) is 0 Å². The van der Waals surface area contributed by atoms with Crippen molar-refractivity contribution in [2.75, 3.05) is 11.5 Å². The molecule has 0 rings (SSSR count). The average Bonchev–Trinajstić information content (AvgIpc) is 2.46. The molecule has 0 aliphatic rings. The topological polar surface area (TPSA) is 20.2 Å². The maximum Gasteiger partial charge on any atom is 0.0611 e. The molecule has 0 spiro atoms. The zero-order valence-electron chi connectivity index (χ0n) is 14.1. The van der Waals surface area contributed by atoms with Crippen LogP contribution in [-0.4, -0.2) is 22.7 Å². The molecule has 0 radical (unpaired) electrons. The van der Waals surface area contributed by atoms with E-state index >= 15 is 0 Å². The summed E-state index contributed by atoms with van der Waals surface area (Å²) >= 11 is 0. The second-order valence-electron chi connectivity index (χ2n) is 5.91. The Kier molecular flexibility index (Phi) is 20.0. The highest BCUT2D eigenvalue weighted by Crippen LogP contribution is 2.35. The molecular formula is C17H36OS3. The van der Waals surface area contributed by atoms with E-state index in [9.17, 15) is 0 Å². The van der Waals surface area contributed by atoms with Crippen LogP contribution >= 0.6 is 31.4 Å². The third kappa shape index (κ3) is 21.0. The zero-order chi connectivity index (χ0) is 15.6. The van der Waals surface area contributed by atoms with Gasteiger partial charge in [0.1, 0.15) is 0 Å². The van der Waals surface area contributed by atoms with Crippen molar-refractivity contribution in [1.82, 2.24) is 0 Å². The predicted molar refractivity (Wildman–Crippen MR) is 105 cm³/mol. The summed E-state index contributed by atoms with van der Waals surface area (Å²) in [6, 6.07) is 0. The van der Waals surface area contributed by atoms with Crippen LogP contribution in [0, 0.1) is 0 Å². The molecule has 0 aliphatic heterocycles. The second-order valence-corrected chi connectivity index (χ2v) is 10.3. The lowest BCUT2D eigenvalue weighted by Gasteiger charge is -2.04. The van der Waals surface area contributed by atoms with Crippen molar-refractivity contribution in [1.29, 1.82) is 0 Å². The number of aliphatic hydroxyl groups is 1. The minimum atomic E-state index is -0.172. The lowest BCUT2D eigenvalue weighted by molar-refractivity contribution is 0.221. The molecule has 1 N–H and O–H groups in total. The number of hydrogen-bond donors (Lipinski definition) is 1. The molecule has 0 fully saturated rings. The summed E-state index contributed by atoms with van der Waals surface area (Å²) in [4.78, 5) is 0. The fourth-order valence-corrected chi connectivity index (χ4v) is 6.15. The lowest BCUT2D eigenvalue weighted by Crippen LogP contribution is -2.00. The molecule has 0 saturated carbocycles. The Balaban J connectivity index is 2.93. The predicted octanol–water partition coefficient (Wildman–Crippen LogP) is 7.10. The normalized spacial score (nSPS) is 12.7. The highest BCUT2D eigenvalue weighted by atomic mass is 33.5. The van der Waals surface area contributed by atoms with Crippen molar-refractivity contribution in [3.63, 3.8) is 0 Å². The van der Waals surface area contributed by atoms with E-state index in [1.165, 1.54) is 82.8 Å². The summed E-state index contributed by atoms with van der Waals surface area (Å²) in [7, 11) is 5.56. The Morgan fingerprint density at radius 2 is 1.19 bits per heavy atom. The standard InChI is InChI=1S/C17H36OS3/c1-3-4-5-6-7-8-9-10-11-12-13-14-15-19-21-20-16-17(2)18/h17-18H,3-16H2,1-2H3. The van der Waals surface area contributed by atoms with Gasteiger partial charge in [0.25, 0.3) is 0 Å². The van der Waals surface area contributed by atoms with Crippen LogP contribution in [0.1, 0.15) is 90.9 Å². The summed E-state index contributed by atoms with van der Waals surface area (Å²) in [5.74, 6) is 2.10. The van der Waals surface area contributed by atoms with Crippen LogP contribution in [0.5, 0.6) is 0 Å². The van der Waals surface area contributed by atoms with Gasteiger partial charge in [-0.05, 0) is 23.2 Å². The number of hydrogen-bond acceptors (Lipinski definition) is 4. The highest BCUT2D eigenvalue weighted by molar-refractivity contribution is 9.09. The molecule has 0 aliphatic carbocycles. The van der Waals surface area contributed by atoms with Gasteiger partial charge < -0.3 is 5.11 Å². The second kappa shape index (κ2) is 19.1. The maximum atomic E-state index is 9.12. The Labute approximate surface area is 145 Å². The molecule has 21 heavy (non-hydrogen) atoms. The Hall–Kier alpha value is 1.01. The van der Waals surface area contributed by atoms with Crippen molar-refractivity contribution in [2.45, 2.75) is 97.0 Å². The van der Waals surface area contributed by atoms with E-state index in [1.54, 1.807) is 10.8 Å². The van der Waals surface area contributed by atoms with Gasteiger partial charge in [0.05, 0.1) is 6.10 Å². The lowest BCUT2D eigenvalue weighted by atomic mass is 10.1. The van der Waals surface area contributed by atoms with Crippen molar-refractivity contribution in [3.8, 4) is 0 Å². The van der Waals surface area contributed by atoms with E-state index in [0.717, 1.165) is 5.75 Å².